The van der Waals surface area contributed by atoms with Crippen LogP contribution < -0.4 is 5.32 Å². The first-order valence-electron chi connectivity index (χ1n) is 9.49. The third kappa shape index (κ3) is 4.66. The standard InChI is InChI=1S/C22H29N3OS/c1-14(2)19(16-9-11-17(12-10-16)22(4,5)6)23-15(3)20-24-25-21(26-20)18-8-7-13-27-18/h7-15,19,23H,1-6H3/t15-,19-/m0/s1. The maximum atomic E-state index is 5.90. The van der Waals surface area contributed by atoms with E-state index >= 15 is 0 Å². The van der Waals surface area contributed by atoms with E-state index in [2.05, 4.69) is 81.3 Å². The summed E-state index contributed by atoms with van der Waals surface area (Å²) >= 11 is 1.60. The number of nitrogens with one attached hydrogen (secondary N) is 1. The lowest BCUT2D eigenvalue weighted by molar-refractivity contribution is 0.335. The van der Waals surface area contributed by atoms with Gasteiger partial charge in [-0.2, -0.15) is 0 Å². The van der Waals surface area contributed by atoms with Gasteiger partial charge in [-0.1, -0.05) is 65.0 Å². The molecule has 3 aromatic rings. The molecule has 4 nitrogen and oxygen atoms in total. The van der Waals surface area contributed by atoms with Crippen LogP contribution in [0.5, 0.6) is 0 Å². The molecule has 2 atom stereocenters. The second kappa shape index (κ2) is 7.95. The normalized spacial score (nSPS) is 14.5. The summed E-state index contributed by atoms with van der Waals surface area (Å²) in [5, 5.41) is 14.1. The molecule has 144 valence electrons. The average molecular weight is 384 g/mol. The van der Waals surface area contributed by atoms with Crippen molar-refractivity contribution in [2.45, 2.75) is 59.0 Å². The van der Waals surface area contributed by atoms with Gasteiger partial charge in [0.1, 0.15) is 0 Å². The third-order valence-electron chi connectivity index (χ3n) is 4.78. The van der Waals surface area contributed by atoms with E-state index in [1.165, 1.54) is 11.1 Å². The van der Waals surface area contributed by atoms with Crippen molar-refractivity contribution in [2.24, 2.45) is 5.92 Å². The highest BCUT2D eigenvalue weighted by molar-refractivity contribution is 7.13. The van der Waals surface area contributed by atoms with Crippen LogP contribution in [0.25, 0.3) is 10.8 Å². The Morgan fingerprint density at radius 3 is 2.26 bits per heavy atom. The summed E-state index contributed by atoms with van der Waals surface area (Å²) in [5.41, 5.74) is 2.79. The van der Waals surface area contributed by atoms with Crippen LogP contribution in [0.1, 0.15) is 70.6 Å². The zero-order valence-electron chi connectivity index (χ0n) is 17.0. The van der Waals surface area contributed by atoms with Gasteiger partial charge in [-0.15, -0.1) is 21.5 Å². The molecule has 0 unspecified atom stereocenters. The van der Waals surface area contributed by atoms with E-state index in [1.807, 2.05) is 17.5 Å². The molecule has 0 bridgehead atoms. The van der Waals surface area contributed by atoms with Crippen molar-refractivity contribution >= 4 is 11.3 Å². The largest absolute Gasteiger partial charge is 0.418 e. The van der Waals surface area contributed by atoms with Crippen LogP contribution in [0.4, 0.5) is 0 Å². The molecule has 1 aromatic carbocycles. The molecule has 2 heterocycles. The van der Waals surface area contributed by atoms with Gasteiger partial charge in [0.15, 0.2) is 0 Å². The van der Waals surface area contributed by atoms with Gasteiger partial charge in [0, 0.05) is 6.04 Å². The third-order valence-corrected chi connectivity index (χ3v) is 5.63. The fourth-order valence-corrected chi connectivity index (χ4v) is 3.76. The van der Waals surface area contributed by atoms with Crippen LogP contribution in [-0.4, -0.2) is 10.2 Å². The van der Waals surface area contributed by atoms with Gasteiger partial charge in [-0.3, -0.25) is 5.32 Å². The molecule has 1 N–H and O–H groups in total. The molecular weight excluding hydrogens is 354 g/mol. The zero-order valence-corrected chi connectivity index (χ0v) is 17.8. The van der Waals surface area contributed by atoms with Crippen LogP contribution in [0.15, 0.2) is 46.2 Å². The van der Waals surface area contributed by atoms with Crippen molar-refractivity contribution in [3.8, 4) is 10.8 Å². The number of nitrogens with zero attached hydrogens (tertiary/aromatic N) is 2. The monoisotopic (exact) mass is 383 g/mol. The van der Waals surface area contributed by atoms with Gasteiger partial charge in [0.25, 0.3) is 5.89 Å². The maximum absolute atomic E-state index is 5.90. The Hall–Kier alpha value is -1.98. The summed E-state index contributed by atoms with van der Waals surface area (Å²) in [4.78, 5) is 0.999. The summed E-state index contributed by atoms with van der Waals surface area (Å²) in [7, 11) is 0. The first-order chi connectivity index (χ1) is 12.8. The minimum atomic E-state index is -0.0269. The van der Waals surface area contributed by atoms with Crippen molar-refractivity contribution in [1.82, 2.24) is 15.5 Å². The molecule has 0 radical (unpaired) electrons. The van der Waals surface area contributed by atoms with E-state index < -0.39 is 0 Å². The first kappa shape index (κ1) is 19.8. The van der Waals surface area contributed by atoms with E-state index in [-0.39, 0.29) is 17.5 Å². The highest BCUT2D eigenvalue weighted by atomic mass is 32.1. The molecule has 5 heteroatoms. The Morgan fingerprint density at radius 2 is 1.70 bits per heavy atom. The first-order valence-corrected chi connectivity index (χ1v) is 10.4. The van der Waals surface area contributed by atoms with E-state index in [1.54, 1.807) is 11.3 Å². The molecule has 27 heavy (non-hydrogen) atoms. The van der Waals surface area contributed by atoms with E-state index in [4.69, 9.17) is 4.42 Å². The molecule has 0 aliphatic rings. The average Bonchev–Trinajstić information content (AvgIpc) is 3.29. The number of rotatable bonds is 6. The van der Waals surface area contributed by atoms with Crippen molar-refractivity contribution < 1.29 is 4.42 Å². The molecule has 0 aliphatic carbocycles. The highest BCUT2D eigenvalue weighted by Crippen LogP contribution is 2.30. The predicted molar refractivity (Wildman–Crippen MR) is 112 cm³/mol. The lowest BCUT2D eigenvalue weighted by atomic mass is 9.85. The van der Waals surface area contributed by atoms with E-state index in [0.717, 1.165) is 4.88 Å². The Kier molecular flexibility index (Phi) is 5.82. The number of benzene rings is 1. The lowest BCUT2D eigenvalue weighted by Crippen LogP contribution is -2.28. The van der Waals surface area contributed by atoms with Crippen LogP contribution in [-0.2, 0) is 5.41 Å². The van der Waals surface area contributed by atoms with E-state index in [0.29, 0.717) is 17.7 Å². The summed E-state index contributed by atoms with van der Waals surface area (Å²) in [6.45, 7) is 13.2. The van der Waals surface area contributed by atoms with Crippen LogP contribution in [0.2, 0.25) is 0 Å². The fraction of sp³-hybridized carbons (Fsp3) is 0.455. The van der Waals surface area contributed by atoms with E-state index in [9.17, 15) is 0 Å². The smallest absolute Gasteiger partial charge is 0.257 e. The van der Waals surface area contributed by atoms with Crippen molar-refractivity contribution in [3.63, 3.8) is 0 Å². The van der Waals surface area contributed by atoms with Gasteiger partial charge in [-0.25, -0.2) is 0 Å². The summed E-state index contributed by atoms with van der Waals surface area (Å²) < 4.78 is 5.90. The van der Waals surface area contributed by atoms with Crippen LogP contribution >= 0.6 is 11.3 Å². The Morgan fingerprint density at radius 1 is 1.00 bits per heavy atom. The molecule has 0 saturated carbocycles. The quantitative estimate of drug-likeness (QED) is 0.555. The van der Waals surface area contributed by atoms with Crippen molar-refractivity contribution in [1.29, 1.82) is 0 Å². The second-order valence-corrected chi connectivity index (χ2v) is 9.35. The van der Waals surface area contributed by atoms with Gasteiger partial charge < -0.3 is 4.42 Å². The number of thiophene rings is 1. The molecule has 0 amide bonds. The second-order valence-electron chi connectivity index (χ2n) is 8.40. The minimum Gasteiger partial charge on any atom is -0.418 e. The predicted octanol–water partition coefficient (Wildman–Crippen LogP) is 6.14. The van der Waals surface area contributed by atoms with Gasteiger partial charge >= 0.3 is 0 Å². The lowest BCUT2D eigenvalue weighted by Gasteiger charge is -2.27. The van der Waals surface area contributed by atoms with Crippen molar-refractivity contribution in [2.75, 3.05) is 0 Å². The minimum absolute atomic E-state index is 0.0269. The topological polar surface area (TPSA) is 51.0 Å². The molecule has 0 spiro atoms. The number of aromatic nitrogens is 2. The SMILES string of the molecule is CC(C)[C@H](N[C@@H](C)c1nnc(-c2cccs2)o1)c1ccc(C(C)(C)C)cc1. The summed E-state index contributed by atoms with van der Waals surface area (Å²) in [6, 6.07) is 13.1. The Bertz CT molecular complexity index is 845. The zero-order chi connectivity index (χ0) is 19.6. The van der Waals surface area contributed by atoms with Gasteiger partial charge in [-0.05, 0) is 40.8 Å². The Labute approximate surface area is 166 Å². The molecule has 2 aromatic heterocycles. The molecule has 0 saturated heterocycles. The van der Waals surface area contributed by atoms with Gasteiger partial charge in [0.2, 0.25) is 5.89 Å². The van der Waals surface area contributed by atoms with Crippen molar-refractivity contribution in [3.05, 3.63) is 58.8 Å². The summed E-state index contributed by atoms with van der Waals surface area (Å²) in [6.07, 6.45) is 0. The molecular formula is C22H29N3OS. The molecule has 0 fully saturated rings. The fourth-order valence-electron chi connectivity index (χ4n) is 3.11. The van der Waals surface area contributed by atoms with Crippen LogP contribution in [0, 0.1) is 5.92 Å². The van der Waals surface area contributed by atoms with Crippen LogP contribution in [0.3, 0.4) is 0 Å². The number of hydrogen-bond acceptors (Lipinski definition) is 5. The highest BCUT2D eigenvalue weighted by Gasteiger charge is 2.23. The molecule has 3 rings (SSSR count). The number of hydrogen-bond donors (Lipinski definition) is 1. The molecule has 0 aliphatic heterocycles. The Balaban J connectivity index is 1.76. The van der Waals surface area contributed by atoms with Gasteiger partial charge in [0.05, 0.1) is 10.9 Å². The summed E-state index contributed by atoms with van der Waals surface area (Å²) in [5.74, 6) is 1.65. The maximum Gasteiger partial charge on any atom is 0.257 e.